The maximum absolute atomic E-state index is 12.1. The summed E-state index contributed by atoms with van der Waals surface area (Å²) in [7, 11) is -0.359. The average molecular weight is 499 g/mol. The Balaban J connectivity index is 3.13. The molecular weight excluding hydrogens is 448 g/mol. The first-order valence-corrected chi connectivity index (χ1v) is 15.7. The molecule has 1 aliphatic rings. The number of hydrogen-bond donors (Lipinski definition) is 0. The van der Waals surface area contributed by atoms with Crippen LogP contribution in [0.5, 0.6) is 0 Å². The first-order valence-electron chi connectivity index (χ1n) is 12.8. The van der Waals surface area contributed by atoms with Crippen molar-refractivity contribution in [1.82, 2.24) is 0 Å². The van der Waals surface area contributed by atoms with Crippen LogP contribution in [0.15, 0.2) is 12.7 Å². The molecule has 0 radical (unpaired) electrons. The van der Waals surface area contributed by atoms with E-state index in [4.69, 9.17) is 18.6 Å². The van der Waals surface area contributed by atoms with Crippen LogP contribution < -0.4 is 0 Å². The second-order valence-corrected chi connectivity index (χ2v) is 16.5. The molecule has 198 valence electrons. The molecule has 0 aliphatic carbocycles. The van der Waals surface area contributed by atoms with E-state index in [0.29, 0.717) is 0 Å². The van der Waals surface area contributed by atoms with Crippen LogP contribution >= 0.6 is 0 Å². The molecule has 1 fully saturated rings. The quantitative estimate of drug-likeness (QED) is 0.135. The zero-order chi connectivity index (χ0) is 26.3. The van der Waals surface area contributed by atoms with Gasteiger partial charge in [0.2, 0.25) is 0 Å². The fourth-order valence-corrected chi connectivity index (χ4v) is 6.07. The maximum atomic E-state index is 12.1. The SMILES string of the molecule is C=CC(=O)O[C@H]([C@@H](C)[C@@H](O[Si](C)(C)C(C)(C)C)[C@@H](C)CC[C@H]1C[C@H](OC)C[C@H](C)O1)[C@@H](C)C=O. The van der Waals surface area contributed by atoms with Crippen molar-refractivity contribution in [3.05, 3.63) is 12.7 Å². The first kappa shape index (κ1) is 31.0. The van der Waals surface area contributed by atoms with Gasteiger partial charge in [-0.2, -0.15) is 0 Å². The number of carbonyl (C=O) groups is 2. The van der Waals surface area contributed by atoms with E-state index < -0.39 is 26.3 Å². The molecule has 0 spiro atoms. The molecule has 0 N–H and O–H groups in total. The molecule has 0 aromatic rings. The monoisotopic (exact) mass is 498 g/mol. The van der Waals surface area contributed by atoms with E-state index in [-0.39, 0.29) is 41.3 Å². The van der Waals surface area contributed by atoms with Gasteiger partial charge in [0.25, 0.3) is 0 Å². The minimum atomic E-state index is -2.13. The van der Waals surface area contributed by atoms with E-state index >= 15 is 0 Å². The second-order valence-electron chi connectivity index (χ2n) is 11.8. The van der Waals surface area contributed by atoms with Crippen LogP contribution in [-0.2, 0) is 28.2 Å². The third kappa shape index (κ3) is 8.88. The van der Waals surface area contributed by atoms with Crippen molar-refractivity contribution in [3.8, 4) is 0 Å². The number of esters is 1. The van der Waals surface area contributed by atoms with Gasteiger partial charge in [0, 0.05) is 25.0 Å². The lowest BCUT2D eigenvalue weighted by Gasteiger charge is -2.45. The van der Waals surface area contributed by atoms with Gasteiger partial charge in [-0.15, -0.1) is 0 Å². The normalized spacial score (nSPS) is 26.1. The largest absolute Gasteiger partial charge is 0.458 e. The van der Waals surface area contributed by atoms with E-state index in [9.17, 15) is 9.59 Å². The van der Waals surface area contributed by atoms with Crippen LogP contribution in [0.1, 0.15) is 74.1 Å². The second kappa shape index (κ2) is 13.3. The van der Waals surface area contributed by atoms with Crippen LogP contribution in [0.3, 0.4) is 0 Å². The molecule has 34 heavy (non-hydrogen) atoms. The molecule has 1 rings (SSSR count). The number of rotatable bonds is 13. The molecule has 0 saturated carbocycles. The Morgan fingerprint density at radius 1 is 1.18 bits per heavy atom. The third-order valence-corrected chi connectivity index (χ3v) is 12.3. The van der Waals surface area contributed by atoms with Crippen molar-refractivity contribution in [2.75, 3.05) is 7.11 Å². The first-order chi connectivity index (χ1) is 15.7. The molecule has 6 nitrogen and oxygen atoms in total. The van der Waals surface area contributed by atoms with Gasteiger partial charge in [-0.3, -0.25) is 0 Å². The van der Waals surface area contributed by atoms with Crippen LogP contribution in [-0.4, -0.2) is 58.2 Å². The highest BCUT2D eigenvalue weighted by Crippen LogP contribution is 2.41. The van der Waals surface area contributed by atoms with Gasteiger partial charge in [0.05, 0.1) is 24.4 Å². The van der Waals surface area contributed by atoms with Gasteiger partial charge in [-0.25, -0.2) is 4.79 Å². The highest BCUT2D eigenvalue weighted by Gasteiger charge is 2.44. The lowest BCUT2D eigenvalue weighted by Crippen LogP contribution is -2.50. The zero-order valence-corrected chi connectivity index (χ0v) is 24.3. The van der Waals surface area contributed by atoms with Crippen molar-refractivity contribution >= 4 is 20.6 Å². The lowest BCUT2D eigenvalue weighted by molar-refractivity contribution is -0.153. The third-order valence-electron chi connectivity index (χ3n) is 7.81. The minimum absolute atomic E-state index is 0.0296. The number of methoxy groups -OCH3 is 1. The summed E-state index contributed by atoms with van der Waals surface area (Å²) in [5.41, 5.74) is 0. The molecule has 0 bridgehead atoms. The summed E-state index contributed by atoms with van der Waals surface area (Å²) in [6.07, 6.45) is 5.50. The molecule has 1 heterocycles. The fourth-order valence-electron chi connectivity index (χ4n) is 4.59. The van der Waals surface area contributed by atoms with E-state index in [1.807, 2.05) is 6.92 Å². The van der Waals surface area contributed by atoms with E-state index in [0.717, 1.165) is 38.0 Å². The lowest BCUT2D eigenvalue weighted by atomic mass is 9.82. The van der Waals surface area contributed by atoms with Gasteiger partial charge < -0.3 is 23.4 Å². The predicted molar refractivity (Wildman–Crippen MR) is 139 cm³/mol. The summed E-state index contributed by atoms with van der Waals surface area (Å²) < 4.78 is 24.5. The smallest absolute Gasteiger partial charge is 0.330 e. The zero-order valence-electron chi connectivity index (χ0n) is 23.3. The molecule has 0 unspecified atom stereocenters. The van der Waals surface area contributed by atoms with Crippen LogP contribution in [0.2, 0.25) is 18.1 Å². The maximum Gasteiger partial charge on any atom is 0.330 e. The van der Waals surface area contributed by atoms with Gasteiger partial charge in [-0.05, 0) is 56.7 Å². The fraction of sp³-hybridized carbons (Fsp3) is 0.852. The molecular formula is C27H50O6Si. The summed E-state index contributed by atoms with van der Waals surface area (Å²) in [5.74, 6) is -0.929. The van der Waals surface area contributed by atoms with Gasteiger partial charge >= 0.3 is 5.97 Å². The molecule has 0 aromatic heterocycles. The van der Waals surface area contributed by atoms with E-state index in [2.05, 4.69) is 54.3 Å². The van der Waals surface area contributed by atoms with E-state index in [1.54, 1.807) is 14.0 Å². The Hall–Kier alpha value is -1.02. The molecule has 1 aliphatic heterocycles. The van der Waals surface area contributed by atoms with Crippen molar-refractivity contribution in [3.63, 3.8) is 0 Å². The van der Waals surface area contributed by atoms with Crippen molar-refractivity contribution < 1.29 is 28.2 Å². The number of ether oxygens (including phenoxy) is 3. The molecule has 7 heteroatoms. The Morgan fingerprint density at radius 2 is 1.79 bits per heavy atom. The summed E-state index contributed by atoms with van der Waals surface area (Å²) in [6, 6.07) is 0. The van der Waals surface area contributed by atoms with Crippen LogP contribution in [0.4, 0.5) is 0 Å². The van der Waals surface area contributed by atoms with Crippen molar-refractivity contribution in [2.45, 2.75) is 123 Å². The van der Waals surface area contributed by atoms with Crippen LogP contribution in [0.25, 0.3) is 0 Å². The summed E-state index contributed by atoms with van der Waals surface area (Å²) >= 11 is 0. The molecule has 0 aromatic carbocycles. The Kier molecular flexibility index (Phi) is 12.2. The number of aldehydes is 1. The number of carbonyl (C=O) groups excluding carboxylic acids is 2. The molecule has 0 amide bonds. The Morgan fingerprint density at radius 3 is 2.29 bits per heavy atom. The van der Waals surface area contributed by atoms with Crippen molar-refractivity contribution in [1.29, 1.82) is 0 Å². The van der Waals surface area contributed by atoms with Gasteiger partial charge in [0.15, 0.2) is 8.32 Å². The summed E-state index contributed by atoms with van der Waals surface area (Å²) in [4.78, 5) is 23.8. The Labute approximate surface area is 209 Å². The van der Waals surface area contributed by atoms with Gasteiger partial charge in [-0.1, -0.05) is 48.1 Å². The predicted octanol–water partition coefficient (Wildman–Crippen LogP) is 5.94. The highest BCUT2D eigenvalue weighted by atomic mass is 28.4. The van der Waals surface area contributed by atoms with Crippen molar-refractivity contribution in [2.24, 2.45) is 17.8 Å². The van der Waals surface area contributed by atoms with Gasteiger partial charge in [0.1, 0.15) is 12.4 Å². The Bertz CT molecular complexity index is 658. The van der Waals surface area contributed by atoms with Crippen LogP contribution in [0, 0.1) is 17.8 Å². The number of hydrogen-bond acceptors (Lipinski definition) is 6. The topological polar surface area (TPSA) is 71.1 Å². The standard InChI is InChI=1S/C27H50O6Si/c1-12-24(29)32-25(19(3)17-28)21(5)26(33-34(10,11)27(6,7)8)18(2)13-14-22-16-23(30-9)15-20(4)31-22/h12,17-23,25-26H,1,13-16H2,2-11H3/t18-,19-,20-,21+,22-,23+,25-,26-/m0/s1. The highest BCUT2D eigenvalue weighted by molar-refractivity contribution is 6.74. The summed E-state index contributed by atoms with van der Waals surface area (Å²) in [6.45, 7) is 22.8. The average Bonchev–Trinajstić information content (AvgIpc) is 2.77. The molecule has 1 saturated heterocycles. The van der Waals surface area contributed by atoms with E-state index in [1.165, 1.54) is 0 Å². The summed E-state index contributed by atoms with van der Waals surface area (Å²) in [5, 5.41) is 0.0296. The minimum Gasteiger partial charge on any atom is -0.458 e. The molecule has 8 atom stereocenters.